The fraction of sp³-hybridized carbons (Fsp3) is 0.200. The Labute approximate surface area is 218 Å². The van der Waals surface area contributed by atoms with Crippen molar-refractivity contribution in [3.05, 3.63) is 77.4 Å². The van der Waals surface area contributed by atoms with Crippen LogP contribution in [0.2, 0.25) is 0 Å². The van der Waals surface area contributed by atoms with Gasteiger partial charge in [0, 0.05) is 28.8 Å². The van der Waals surface area contributed by atoms with Gasteiger partial charge in [-0.2, -0.15) is 8.78 Å². The van der Waals surface area contributed by atoms with Gasteiger partial charge in [-0.1, -0.05) is 6.07 Å². The number of nitrogens with one attached hydrogen (secondary N) is 1. The first-order chi connectivity index (χ1) is 18.6. The van der Waals surface area contributed by atoms with Gasteiger partial charge in [-0.15, -0.1) is 0 Å². The van der Waals surface area contributed by atoms with Crippen molar-refractivity contribution in [3.8, 4) is 17.3 Å². The second-order valence-electron chi connectivity index (χ2n) is 8.39. The van der Waals surface area contributed by atoms with Gasteiger partial charge in [0.15, 0.2) is 0 Å². The Morgan fingerprint density at radius 1 is 1.13 bits per heavy atom. The Morgan fingerprint density at radius 2 is 1.92 bits per heavy atom. The number of pyridine rings is 3. The number of carbonyl (C=O) groups is 1. The molecule has 1 atom stereocenters. The number of hydrogen-bond donors (Lipinski definition) is 1. The van der Waals surface area contributed by atoms with Crippen molar-refractivity contribution in [2.24, 2.45) is 0 Å². The normalized spacial score (nSPS) is 16.5. The number of carbonyl (C=O) groups excluding carboxylic acids is 1. The van der Waals surface area contributed by atoms with Crippen LogP contribution in [0, 0.1) is 5.82 Å². The van der Waals surface area contributed by atoms with Crippen LogP contribution in [-0.4, -0.2) is 48.0 Å². The molecule has 39 heavy (non-hydrogen) atoms. The van der Waals surface area contributed by atoms with Crippen molar-refractivity contribution in [1.82, 2.24) is 20.3 Å². The molecule has 1 N–H and O–H groups in total. The number of amides is 1. The van der Waals surface area contributed by atoms with Crippen molar-refractivity contribution in [3.63, 3.8) is 0 Å². The van der Waals surface area contributed by atoms with Gasteiger partial charge in [-0.05, 0) is 36.4 Å². The van der Waals surface area contributed by atoms with Crippen molar-refractivity contribution in [2.45, 2.75) is 30.2 Å². The van der Waals surface area contributed by atoms with Crippen LogP contribution >= 0.6 is 0 Å². The molecular formula is C25H18F4N4O5S. The van der Waals surface area contributed by atoms with E-state index in [0.717, 1.165) is 12.1 Å². The number of rotatable bonds is 6. The van der Waals surface area contributed by atoms with Gasteiger partial charge in [0.05, 0.1) is 47.3 Å². The number of aromatic nitrogens is 3. The number of alkyl halides is 3. The molecule has 0 unspecified atom stereocenters. The van der Waals surface area contributed by atoms with E-state index in [-0.39, 0.29) is 23.6 Å². The molecule has 0 radical (unpaired) electrons. The molecule has 1 aliphatic heterocycles. The number of ether oxygens (including phenoxy) is 2. The van der Waals surface area contributed by atoms with Crippen molar-refractivity contribution in [2.75, 3.05) is 6.61 Å². The summed E-state index contributed by atoms with van der Waals surface area (Å²) in [6.07, 6.45) is 1.51. The largest absolute Gasteiger partial charge is 0.417 e. The second-order valence-corrected chi connectivity index (χ2v) is 10.4. The van der Waals surface area contributed by atoms with E-state index in [4.69, 9.17) is 4.74 Å². The molecule has 14 heteroatoms. The molecule has 0 fully saturated rings. The number of halogens is 4. The zero-order chi connectivity index (χ0) is 27.7. The van der Waals surface area contributed by atoms with E-state index in [2.05, 4.69) is 25.0 Å². The lowest BCUT2D eigenvalue weighted by Crippen LogP contribution is -2.25. The number of benzene rings is 1. The summed E-state index contributed by atoms with van der Waals surface area (Å²) in [5.74, 6) is -2.08. The monoisotopic (exact) mass is 562 g/mol. The van der Waals surface area contributed by atoms with Crippen LogP contribution in [-0.2, 0) is 27.7 Å². The van der Waals surface area contributed by atoms with Crippen LogP contribution in [0.3, 0.4) is 0 Å². The third kappa shape index (κ3) is 5.52. The molecule has 1 amide bonds. The molecule has 9 nitrogen and oxygen atoms in total. The van der Waals surface area contributed by atoms with Crippen LogP contribution in [0.4, 0.5) is 17.6 Å². The summed E-state index contributed by atoms with van der Waals surface area (Å²) in [5, 5.41) is 3.17. The highest BCUT2D eigenvalue weighted by atomic mass is 32.2. The van der Waals surface area contributed by atoms with Crippen LogP contribution in [0.1, 0.15) is 21.6 Å². The molecule has 3 aromatic heterocycles. The predicted molar refractivity (Wildman–Crippen MR) is 129 cm³/mol. The SMILES string of the molecule is O=C(NCc1cc2nc(-c3cccc(OC(F)F)n3)ccc2cn1)c1cc(F)c2c(c1)S(=O)(=O)[C@@H](F)COC2. The lowest BCUT2D eigenvalue weighted by Gasteiger charge is -2.11. The third-order valence-electron chi connectivity index (χ3n) is 5.81. The summed E-state index contributed by atoms with van der Waals surface area (Å²) in [7, 11) is -4.55. The van der Waals surface area contributed by atoms with Crippen LogP contribution < -0.4 is 10.1 Å². The highest BCUT2D eigenvalue weighted by Crippen LogP contribution is 2.29. The topological polar surface area (TPSA) is 120 Å². The highest BCUT2D eigenvalue weighted by molar-refractivity contribution is 7.92. The second kappa shape index (κ2) is 10.5. The van der Waals surface area contributed by atoms with Crippen LogP contribution in [0.25, 0.3) is 22.3 Å². The summed E-state index contributed by atoms with van der Waals surface area (Å²) in [6, 6.07) is 11.0. The van der Waals surface area contributed by atoms with Gasteiger partial charge in [0.1, 0.15) is 5.82 Å². The van der Waals surface area contributed by atoms with E-state index in [1.165, 1.54) is 18.3 Å². The summed E-state index contributed by atoms with van der Waals surface area (Å²) in [4.78, 5) is 24.8. The minimum Gasteiger partial charge on any atom is -0.417 e. The zero-order valence-electron chi connectivity index (χ0n) is 19.8. The Balaban J connectivity index is 1.36. The Kier molecular flexibility index (Phi) is 7.14. The predicted octanol–water partition coefficient (Wildman–Crippen LogP) is 3.96. The van der Waals surface area contributed by atoms with Crippen LogP contribution in [0.15, 0.2) is 59.6 Å². The Morgan fingerprint density at radius 3 is 2.72 bits per heavy atom. The van der Waals surface area contributed by atoms with E-state index >= 15 is 0 Å². The fourth-order valence-corrected chi connectivity index (χ4v) is 5.24. The number of fused-ring (bicyclic) bond motifs is 2. The van der Waals surface area contributed by atoms with E-state index < -0.39 is 51.8 Å². The molecule has 0 saturated heterocycles. The minimum atomic E-state index is -4.55. The Bertz CT molecular complexity index is 1690. The first-order valence-electron chi connectivity index (χ1n) is 11.4. The number of hydrogen-bond acceptors (Lipinski definition) is 8. The van der Waals surface area contributed by atoms with Crippen molar-refractivity contribution < 1.29 is 40.2 Å². The smallest absolute Gasteiger partial charge is 0.388 e. The molecular weight excluding hydrogens is 544 g/mol. The molecule has 4 heterocycles. The molecule has 1 aliphatic rings. The number of sulfone groups is 1. The summed E-state index contributed by atoms with van der Waals surface area (Å²) in [5.41, 5.74) is -1.55. The average Bonchev–Trinajstić information content (AvgIpc) is 3.02. The fourth-order valence-electron chi connectivity index (χ4n) is 3.90. The lowest BCUT2D eigenvalue weighted by molar-refractivity contribution is -0.0527. The van der Waals surface area contributed by atoms with Gasteiger partial charge >= 0.3 is 6.61 Å². The quantitative estimate of drug-likeness (QED) is 0.351. The molecule has 0 bridgehead atoms. The average molecular weight is 563 g/mol. The molecule has 1 aromatic carbocycles. The van der Waals surface area contributed by atoms with Gasteiger partial charge in [-0.3, -0.25) is 9.78 Å². The van der Waals surface area contributed by atoms with E-state index in [1.807, 2.05) is 0 Å². The first-order valence-corrected chi connectivity index (χ1v) is 12.9. The molecule has 5 rings (SSSR count). The van der Waals surface area contributed by atoms with Gasteiger partial charge in [-0.25, -0.2) is 27.2 Å². The van der Waals surface area contributed by atoms with Gasteiger partial charge in [0.25, 0.3) is 5.91 Å². The molecule has 202 valence electrons. The maximum absolute atomic E-state index is 14.6. The first kappa shape index (κ1) is 26.4. The van der Waals surface area contributed by atoms with E-state index in [9.17, 15) is 30.8 Å². The Hall–Kier alpha value is -4.17. The maximum Gasteiger partial charge on any atom is 0.388 e. The third-order valence-corrected chi connectivity index (χ3v) is 7.60. The van der Waals surface area contributed by atoms with Crippen molar-refractivity contribution in [1.29, 1.82) is 0 Å². The highest BCUT2D eigenvalue weighted by Gasteiger charge is 2.35. The van der Waals surface area contributed by atoms with Crippen LogP contribution in [0.5, 0.6) is 5.88 Å². The minimum absolute atomic E-state index is 0.128. The molecule has 0 spiro atoms. The molecule has 4 aromatic rings. The van der Waals surface area contributed by atoms with E-state index in [0.29, 0.717) is 28.0 Å². The number of nitrogens with zero attached hydrogens (tertiary/aromatic N) is 3. The lowest BCUT2D eigenvalue weighted by atomic mass is 10.1. The standard InChI is InChI=1S/C25H18F4N4O5S/c26-17-6-14(7-21-16(17)11-37-12-22(27)39(21,35)36)24(34)31-10-15-8-20-13(9-30-15)4-5-19(32-20)18-2-1-3-23(33-18)38-25(28)29/h1-9,22,25H,10-12H2,(H,31,34)/t22-/m1/s1. The van der Waals surface area contributed by atoms with Crippen molar-refractivity contribution >= 4 is 26.6 Å². The summed E-state index contributed by atoms with van der Waals surface area (Å²) >= 11 is 0. The zero-order valence-corrected chi connectivity index (χ0v) is 20.6. The summed E-state index contributed by atoms with van der Waals surface area (Å²) < 4.78 is 87.9. The van der Waals surface area contributed by atoms with Gasteiger partial charge in [0.2, 0.25) is 21.2 Å². The molecule has 0 aliphatic carbocycles. The molecule has 0 saturated carbocycles. The summed E-state index contributed by atoms with van der Waals surface area (Å²) in [6.45, 7) is -4.34. The van der Waals surface area contributed by atoms with Gasteiger partial charge < -0.3 is 14.8 Å². The maximum atomic E-state index is 14.6. The van der Waals surface area contributed by atoms with E-state index in [1.54, 1.807) is 24.3 Å².